The number of ether oxygens (including phenoxy) is 2. The zero-order valence-corrected chi connectivity index (χ0v) is 13.3. The van der Waals surface area contributed by atoms with Crippen LogP contribution in [0.4, 0.5) is 5.00 Å². The lowest BCUT2D eigenvalue weighted by Crippen LogP contribution is -2.26. The lowest BCUT2D eigenvalue weighted by molar-refractivity contribution is -0.125. The second-order valence-electron chi connectivity index (χ2n) is 5.29. The van der Waals surface area contributed by atoms with Crippen molar-refractivity contribution in [2.45, 2.75) is 40.2 Å². The van der Waals surface area contributed by atoms with Crippen LogP contribution in [-0.4, -0.2) is 30.7 Å². The summed E-state index contributed by atoms with van der Waals surface area (Å²) in [7, 11) is 0. The summed E-state index contributed by atoms with van der Waals surface area (Å²) in [6.07, 6.45) is 0. The van der Waals surface area contributed by atoms with Gasteiger partial charge in [-0.3, -0.25) is 4.79 Å². The monoisotopic (exact) mass is 299 g/mol. The third-order valence-corrected chi connectivity index (χ3v) is 3.41. The molecule has 1 heterocycles. The van der Waals surface area contributed by atoms with Crippen LogP contribution in [0.25, 0.3) is 0 Å². The van der Waals surface area contributed by atoms with Gasteiger partial charge in [0.25, 0.3) is 5.91 Å². The van der Waals surface area contributed by atoms with Crippen molar-refractivity contribution in [2.75, 3.05) is 18.5 Å². The number of amides is 1. The Labute approximate surface area is 123 Å². The van der Waals surface area contributed by atoms with Crippen LogP contribution in [0.3, 0.4) is 0 Å². The number of aryl methyl sites for hydroxylation is 1. The van der Waals surface area contributed by atoms with Crippen molar-refractivity contribution in [1.29, 1.82) is 0 Å². The van der Waals surface area contributed by atoms with Gasteiger partial charge in [-0.05, 0) is 46.2 Å². The third-order valence-electron chi connectivity index (χ3n) is 2.28. The number of rotatable bonds is 5. The molecular weight excluding hydrogens is 278 g/mol. The molecule has 0 aliphatic heterocycles. The van der Waals surface area contributed by atoms with Crippen molar-refractivity contribution in [2.24, 2.45) is 0 Å². The number of esters is 1. The second-order valence-corrected chi connectivity index (χ2v) is 6.34. The minimum absolute atomic E-state index is 0.0187. The molecule has 0 bridgehead atoms. The van der Waals surface area contributed by atoms with Gasteiger partial charge in [0.1, 0.15) is 11.5 Å². The summed E-state index contributed by atoms with van der Waals surface area (Å²) in [6.45, 7) is 9.53. The Kier molecular flexibility index (Phi) is 5.71. The van der Waals surface area contributed by atoms with Gasteiger partial charge in [-0.15, -0.1) is 11.3 Å². The first-order chi connectivity index (χ1) is 9.23. The maximum absolute atomic E-state index is 11.7. The minimum atomic E-state index is -0.362. The number of hydrogen-bond donors (Lipinski definition) is 1. The van der Waals surface area contributed by atoms with E-state index in [4.69, 9.17) is 9.47 Å². The number of hydrogen-bond acceptors (Lipinski definition) is 5. The Morgan fingerprint density at radius 2 is 2.00 bits per heavy atom. The summed E-state index contributed by atoms with van der Waals surface area (Å²) < 4.78 is 10.3. The van der Waals surface area contributed by atoms with E-state index in [2.05, 4.69) is 5.32 Å². The molecule has 20 heavy (non-hydrogen) atoms. The molecule has 1 amide bonds. The van der Waals surface area contributed by atoms with Crippen LogP contribution in [0.15, 0.2) is 6.07 Å². The van der Waals surface area contributed by atoms with Crippen LogP contribution in [0.2, 0.25) is 0 Å². The van der Waals surface area contributed by atoms with Gasteiger partial charge in [0.15, 0.2) is 0 Å². The molecule has 0 fully saturated rings. The molecule has 1 aromatic rings. The molecule has 1 aromatic heterocycles. The molecule has 6 heteroatoms. The van der Waals surface area contributed by atoms with E-state index in [1.54, 1.807) is 13.0 Å². The largest absolute Gasteiger partial charge is 0.462 e. The van der Waals surface area contributed by atoms with E-state index < -0.39 is 0 Å². The summed E-state index contributed by atoms with van der Waals surface area (Å²) in [5.74, 6) is -0.599. The van der Waals surface area contributed by atoms with E-state index in [9.17, 15) is 9.59 Å². The van der Waals surface area contributed by atoms with Crippen molar-refractivity contribution < 1.29 is 19.1 Å². The van der Waals surface area contributed by atoms with Gasteiger partial charge in [-0.25, -0.2) is 4.79 Å². The molecule has 112 valence electrons. The van der Waals surface area contributed by atoms with Crippen LogP contribution in [-0.2, 0) is 14.3 Å². The van der Waals surface area contributed by atoms with Crippen LogP contribution in [0, 0.1) is 6.92 Å². The first kappa shape index (κ1) is 16.7. The molecule has 0 aliphatic rings. The summed E-state index contributed by atoms with van der Waals surface area (Å²) in [5.41, 5.74) is 0.430. The average Bonchev–Trinajstić information content (AvgIpc) is 2.67. The second kappa shape index (κ2) is 6.85. The minimum Gasteiger partial charge on any atom is -0.462 e. The Hall–Kier alpha value is -1.40. The van der Waals surface area contributed by atoms with Crippen molar-refractivity contribution >= 4 is 28.2 Å². The highest BCUT2D eigenvalue weighted by Crippen LogP contribution is 2.27. The fraction of sp³-hybridized carbons (Fsp3) is 0.571. The van der Waals surface area contributed by atoms with Gasteiger partial charge >= 0.3 is 5.97 Å². The molecule has 0 radical (unpaired) electrons. The van der Waals surface area contributed by atoms with Crippen molar-refractivity contribution in [1.82, 2.24) is 0 Å². The van der Waals surface area contributed by atoms with E-state index in [1.807, 2.05) is 27.7 Å². The Balaban J connectivity index is 2.63. The Morgan fingerprint density at radius 3 is 2.55 bits per heavy atom. The quantitative estimate of drug-likeness (QED) is 0.849. The van der Waals surface area contributed by atoms with E-state index in [-0.39, 0.29) is 24.1 Å². The highest BCUT2D eigenvalue weighted by molar-refractivity contribution is 7.18. The van der Waals surface area contributed by atoms with E-state index in [0.29, 0.717) is 16.5 Å². The topological polar surface area (TPSA) is 64.6 Å². The lowest BCUT2D eigenvalue weighted by Gasteiger charge is -2.18. The highest BCUT2D eigenvalue weighted by atomic mass is 32.1. The van der Waals surface area contributed by atoms with Gasteiger partial charge in [-0.1, -0.05) is 0 Å². The third kappa shape index (κ3) is 5.30. The van der Waals surface area contributed by atoms with Crippen molar-refractivity contribution in [3.05, 3.63) is 16.5 Å². The molecule has 0 unspecified atom stereocenters. The van der Waals surface area contributed by atoms with Crippen LogP contribution >= 0.6 is 11.3 Å². The van der Waals surface area contributed by atoms with Gasteiger partial charge in [0.05, 0.1) is 17.2 Å². The maximum atomic E-state index is 11.7. The number of carbonyl (C=O) groups excluding carboxylic acids is 2. The van der Waals surface area contributed by atoms with Gasteiger partial charge in [0.2, 0.25) is 0 Å². The molecule has 1 N–H and O–H groups in total. The molecule has 5 nitrogen and oxygen atoms in total. The average molecular weight is 299 g/mol. The molecule has 0 aliphatic carbocycles. The van der Waals surface area contributed by atoms with Gasteiger partial charge < -0.3 is 14.8 Å². The van der Waals surface area contributed by atoms with E-state index in [0.717, 1.165) is 5.56 Å². The molecular formula is C14H21NO4S. The number of thiophene rings is 1. The summed E-state index contributed by atoms with van der Waals surface area (Å²) in [6, 6.07) is 1.76. The molecule has 0 saturated carbocycles. The van der Waals surface area contributed by atoms with Crippen LogP contribution < -0.4 is 5.32 Å². The predicted molar refractivity (Wildman–Crippen MR) is 79.3 cm³/mol. The number of anilines is 1. The fourth-order valence-electron chi connectivity index (χ4n) is 1.40. The molecule has 0 saturated heterocycles. The van der Waals surface area contributed by atoms with E-state index >= 15 is 0 Å². The normalized spacial score (nSPS) is 11.2. The highest BCUT2D eigenvalue weighted by Gasteiger charge is 2.17. The van der Waals surface area contributed by atoms with Crippen LogP contribution in [0.5, 0.6) is 0 Å². The number of carbonyl (C=O) groups is 2. The Morgan fingerprint density at radius 1 is 1.35 bits per heavy atom. The molecule has 1 rings (SSSR count). The zero-order valence-electron chi connectivity index (χ0n) is 12.5. The van der Waals surface area contributed by atoms with Crippen molar-refractivity contribution in [3.8, 4) is 0 Å². The van der Waals surface area contributed by atoms with Crippen molar-refractivity contribution in [3.63, 3.8) is 0 Å². The SMILES string of the molecule is CCOC(=O)c1sc(NC(=O)COC(C)(C)C)cc1C. The standard InChI is InChI=1S/C14H21NO4S/c1-6-18-13(17)12-9(2)7-11(20-12)15-10(16)8-19-14(3,4)5/h7H,6,8H2,1-5H3,(H,15,16). The van der Waals surface area contributed by atoms with Crippen LogP contribution in [0.1, 0.15) is 42.9 Å². The zero-order chi connectivity index (χ0) is 15.3. The summed E-state index contributed by atoms with van der Waals surface area (Å²) >= 11 is 1.21. The Bertz CT molecular complexity index is 488. The molecule has 0 aromatic carbocycles. The first-order valence-corrected chi connectivity index (χ1v) is 7.26. The van der Waals surface area contributed by atoms with Gasteiger partial charge in [-0.2, -0.15) is 0 Å². The first-order valence-electron chi connectivity index (χ1n) is 6.44. The number of nitrogens with one attached hydrogen (secondary N) is 1. The predicted octanol–water partition coefficient (Wildman–Crippen LogP) is 2.99. The summed E-state index contributed by atoms with van der Waals surface area (Å²) in [5, 5.41) is 3.34. The summed E-state index contributed by atoms with van der Waals surface area (Å²) in [4.78, 5) is 23.9. The lowest BCUT2D eigenvalue weighted by atomic mass is 10.2. The fourth-order valence-corrected chi connectivity index (χ4v) is 2.38. The maximum Gasteiger partial charge on any atom is 0.348 e. The van der Waals surface area contributed by atoms with E-state index in [1.165, 1.54) is 11.3 Å². The van der Waals surface area contributed by atoms with Gasteiger partial charge in [0, 0.05) is 0 Å². The smallest absolute Gasteiger partial charge is 0.348 e. The molecule has 0 spiro atoms. The molecule has 0 atom stereocenters.